The first kappa shape index (κ1) is 27.8. The number of aryl methyl sites for hydroxylation is 1. The average molecular weight is 517 g/mol. The molecule has 1 amide bonds. The Hall–Kier alpha value is -2.77. The first-order chi connectivity index (χ1) is 17.2. The molecule has 3 N–H and O–H groups in total. The van der Waals surface area contributed by atoms with E-state index in [0.717, 1.165) is 23.4 Å². The fourth-order valence-electron chi connectivity index (χ4n) is 4.66. The number of carbonyl (C=O) groups excluding carboxylic acids is 1. The largest absolute Gasteiger partial charge is 0.489 e. The quantitative estimate of drug-likeness (QED) is 0.363. The zero-order valence-corrected chi connectivity index (χ0v) is 21.8. The second-order valence-electron chi connectivity index (χ2n) is 9.72. The van der Waals surface area contributed by atoms with Crippen molar-refractivity contribution in [2.24, 2.45) is 5.92 Å². The van der Waals surface area contributed by atoms with Crippen LogP contribution in [0.3, 0.4) is 0 Å². The first-order valence-electron chi connectivity index (χ1n) is 12.7. The average Bonchev–Trinajstić information content (AvgIpc) is 3.01. The van der Waals surface area contributed by atoms with Crippen molar-refractivity contribution in [3.8, 4) is 5.75 Å². The molecular weight excluding hydrogens is 480 g/mol. The van der Waals surface area contributed by atoms with E-state index in [9.17, 15) is 19.8 Å². The number of aliphatic hydroxyl groups excluding tert-OH is 1. The maximum Gasteiger partial charge on any atom is 0.323 e. The van der Waals surface area contributed by atoms with E-state index in [1.807, 2.05) is 62.4 Å². The molecule has 0 radical (unpaired) electrons. The van der Waals surface area contributed by atoms with Gasteiger partial charge in [-0.25, -0.2) is 0 Å². The molecule has 2 aromatic carbocycles. The molecule has 1 saturated carbocycles. The van der Waals surface area contributed by atoms with E-state index in [1.54, 1.807) is 0 Å². The van der Waals surface area contributed by atoms with Crippen molar-refractivity contribution >= 4 is 29.2 Å². The maximum atomic E-state index is 13.3. The van der Waals surface area contributed by atoms with E-state index >= 15 is 0 Å². The second-order valence-corrected chi connectivity index (χ2v) is 10.2. The van der Waals surface area contributed by atoms with Crippen LogP contribution in [0.15, 0.2) is 48.5 Å². The van der Waals surface area contributed by atoms with Crippen LogP contribution in [-0.4, -0.2) is 58.3 Å². The highest BCUT2D eigenvalue weighted by atomic mass is 35.5. The third-order valence-electron chi connectivity index (χ3n) is 6.49. The van der Waals surface area contributed by atoms with Crippen LogP contribution < -0.4 is 10.1 Å². The van der Waals surface area contributed by atoms with Crippen molar-refractivity contribution in [3.05, 3.63) is 59.1 Å². The Kier molecular flexibility index (Phi) is 10.4. The molecule has 0 aromatic heterocycles. The van der Waals surface area contributed by atoms with E-state index in [4.69, 9.17) is 16.3 Å². The summed E-state index contributed by atoms with van der Waals surface area (Å²) in [6.45, 7) is 3.98. The molecule has 196 valence electrons. The Balaban J connectivity index is 1.60. The van der Waals surface area contributed by atoms with Gasteiger partial charge < -0.3 is 25.2 Å². The molecule has 0 spiro atoms. The number of aliphatic carboxylic acids is 1. The second kappa shape index (κ2) is 13.5. The number of amides is 1. The maximum absolute atomic E-state index is 13.3. The summed E-state index contributed by atoms with van der Waals surface area (Å²) in [5.74, 6) is -0.761. The number of carboxylic acids is 1. The van der Waals surface area contributed by atoms with E-state index in [2.05, 4.69) is 5.32 Å². The SMILES string of the molecule is CC(C)Oc1ccccc1N[C@H]1CC[C@@H](C(=O)N(CCCc2ccc(Cl)cc2)CC(=O)O)CC[C@@H]1O. The van der Waals surface area contributed by atoms with Gasteiger partial charge in [0.1, 0.15) is 12.3 Å². The highest BCUT2D eigenvalue weighted by Crippen LogP contribution is 2.31. The molecule has 1 aliphatic carbocycles. The number of rotatable bonds is 11. The highest BCUT2D eigenvalue weighted by molar-refractivity contribution is 6.30. The molecule has 8 heteroatoms. The van der Waals surface area contributed by atoms with Gasteiger partial charge in [-0.1, -0.05) is 35.9 Å². The van der Waals surface area contributed by atoms with Crippen LogP contribution in [0.4, 0.5) is 5.69 Å². The topological polar surface area (TPSA) is 99.1 Å². The molecule has 36 heavy (non-hydrogen) atoms. The summed E-state index contributed by atoms with van der Waals surface area (Å²) in [7, 11) is 0. The lowest BCUT2D eigenvalue weighted by Gasteiger charge is -2.26. The number of hydrogen-bond donors (Lipinski definition) is 3. The van der Waals surface area contributed by atoms with Crippen LogP contribution in [0.5, 0.6) is 5.75 Å². The number of aliphatic hydroxyl groups is 1. The molecule has 0 saturated heterocycles. The van der Waals surface area contributed by atoms with E-state index < -0.39 is 12.1 Å². The molecule has 1 fully saturated rings. The van der Waals surface area contributed by atoms with E-state index in [-0.39, 0.29) is 30.5 Å². The van der Waals surface area contributed by atoms with Crippen LogP contribution in [0.1, 0.15) is 51.5 Å². The van der Waals surface area contributed by atoms with Crippen LogP contribution in [0.25, 0.3) is 0 Å². The van der Waals surface area contributed by atoms with Gasteiger partial charge in [-0.2, -0.15) is 0 Å². The fourth-order valence-corrected chi connectivity index (χ4v) is 4.79. The number of para-hydroxylation sites is 2. The smallest absolute Gasteiger partial charge is 0.323 e. The Morgan fingerprint density at radius 3 is 2.47 bits per heavy atom. The minimum Gasteiger partial charge on any atom is -0.489 e. The van der Waals surface area contributed by atoms with E-state index in [0.29, 0.717) is 43.7 Å². The van der Waals surface area contributed by atoms with Crippen molar-refractivity contribution in [2.45, 2.75) is 70.6 Å². The summed E-state index contributed by atoms with van der Waals surface area (Å²) in [6.07, 6.45) is 2.96. The van der Waals surface area contributed by atoms with Gasteiger partial charge in [0, 0.05) is 17.5 Å². The van der Waals surface area contributed by atoms with E-state index in [1.165, 1.54) is 4.90 Å². The summed E-state index contributed by atoms with van der Waals surface area (Å²) in [6, 6.07) is 14.9. The summed E-state index contributed by atoms with van der Waals surface area (Å²) >= 11 is 5.94. The van der Waals surface area contributed by atoms with Gasteiger partial charge >= 0.3 is 5.97 Å². The molecule has 0 aliphatic heterocycles. The van der Waals surface area contributed by atoms with Gasteiger partial charge in [0.25, 0.3) is 0 Å². The number of benzene rings is 2. The molecule has 3 rings (SSSR count). The third-order valence-corrected chi connectivity index (χ3v) is 6.74. The zero-order valence-electron chi connectivity index (χ0n) is 21.0. The molecule has 1 aliphatic rings. The number of ether oxygens (including phenoxy) is 1. The first-order valence-corrected chi connectivity index (χ1v) is 13.1. The predicted octanol–water partition coefficient (Wildman–Crippen LogP) is 5.00. The predicted molar refractivity (Wildman–Crippen MR) is 142 cm³/mol. The van der Waals surface area contributed by atoms with Crippen molar-refractivity contribution in [2.75, 3.05) is 18.4 Å². The van der Waals surface area contributed by atoms with Crippen LogP contribution >= 0.6 is 11.6 Å². The van der Waals surface area contributed by atoms with Crippen LogP contribution in [0, 0.1) is 5.92 Å². The summed E-state index contributed by atoms with van der Waals surface area (Å²) < 4.78 is 5.89. The Morgan fingerprint density at radius 1 is 1.08 bits per heavy atom. The number of halogens is 1. The Labute approximate surface area is 218 Å². The summed E-state index contributed by atoms with van der Waals surface area (Å²) in [4.78, 5) is 26.3. The number of carbonyl (C=O) groups is 2. The van der Waals surface area contributed by atoms with Gasteiger partial charge in [-0.05, 0) is 82.2 Å². The summed E-state index contributed by atoms with van der Waals surface area (Å²) in [5.41, 5.74) is 1.91. The minimum absolute atomic E-state index is 0.0221. The number of nitrogens with zero attached hydrogens (tertiary/aromatic N) is 1. The molecular formula is C28H37ClN2O5. The monoisotopic (exact) mass is 516 g/mol. The van der Waals surface area contributed by atoms with Gasteiger partial charge in [-0.15, -0.1) is 0 Å². The molecule has 7 nitrogen and oxygen atoms in total. The van der Waals surface area contributed by atoms with Crippen LogP contribution in [0.2, 0.25) is 5.02 Å². The van der Waals surface area contributed by atoms with Crippen molar-refractivity contribution in [1.82, 2.24) is 4.90 Å². The standard InChI is InChI=1S/C28H37ClN2O5/c1-19(2)36-26-8-4-3-7-24(26)30-23-15-11-21(12-16-25(23)32)28(35)31(18-27(33)34)17-5-6-20-9-13-22(29)14-10-20/h3-4,7-10,13-14,19,21,23,25,30,32H,5-6,11-12,15-18H2,1-2H3,(H,33,34)/t21-,23+,25+/m1/s1. The minimum atomic E-state index is -1.02. The Morgan fingerprint density at radius 2 is 1.78 bits per heavy atom. The van der Waals surface area contributed by atoms with Gasteiger partial charge in [0.05, 0.1) is 23.9 Å². The lowest BCUT2D eigenvalue weighted by Crippen LogP contribution is -2.40. The highest BCUT2D eigenvalue weighted by Gasteiger charge is 2.32. The molecule has 0 bridgehead atoms. The summed E-state index contributed by atoms with van der Waals surface area (Å²) in [5, 5.41) is 24.3. The molecule has 2 aromatic rings. The molecule has 3 atom stereocenters. The third kappa shape index (κ3) is 8.42. The number of nitrogens with one attached hydrogen (secondary N) is 1. The number of carboxylic acid groups (broad SMARTS) is 1. The van der Waals surface area contributed by atoms with Crippen molar-refractivity contribution < 1.29 is 24.5 Å². The van der Waals surface area contributed by atoms with Crippen molar-refractivity contribution in [3.63, 3.8) is 0 Å². The van der Waals surface area contributed by atoms with Crippen LogP contribution in [-0.2, 0) is 16.0 Å². The Bertz CT molecular complexity index is 998. The van der Waals surface area contributed by atoms with Gasteiger partial charge in [0.2, 0.25) is 5.91 Å². The molecule has 0 heterocycles. The fraction of sp³-hybridized carbons (Fsp3) is 0.500. The number of hydrogen-bond acceptors (Lipinski definition) is 5. The van der Waals surface area contributed by atoms with Gasteiger partial charge in [0.15, 0.2) is 0 Å². The lowest BCUT2D eigenvalue weighted by atomic mass is 9.98. The number of anilines is 1. The van der Waals surface area contributed by atoms with Gasteiger partial charge in [-0.3, -0.25) is 9.59 Å². The normalized spacial score (nSPS) is 20.0. The van der Waals surface area contributed by atoms with Crippen molar-refractivity contribution in [1.29, 1.82) is 0 Å². The molecule has 0 unspecified atom stereocenters. The lowest BCUT2D eigenvalue weighted by molar-refractivity contribution is -0.146. The zero-order chi connectivity index (χ0) is 26.1.